The second-order valence-electron chi connectivity index (χ2n) is 8.27. The minimum atomic E-state index is -0.978. The first-order chi connectivity index (χ1) is 17.5. The van der Waals surface area contributed by atoms with Gasteiger partial charge in [0.2, 0.25) is 5.88 Å². The Bertz CT molecular complexity index is 1380. The summed E-state index contributed by atoms with van der Waals surface area (Å²) in [6.45, 7) is 3.17. The van der Waals surface area contributed by atoms with Gasteiger partial charge >= 0.3 is 5.97 Å². The molecule has 0 radical (unpaired) electrons. The number of nitrogens with zero attached hydrogens (tertiary/aromatic N) is 4. The number of morpholine rings is 1. The monoisotopic (exact) mass is 548 g/mol. The lowest BCUT2D eigenvalue weighted by atomic mass is 10.0. The molecule has 0 bridgehead atoms. The maximum atomic E-state index is 11.3. The number of aliphatic carboxylic acids is 1. The molecule has 1 aromatic carbocycles. The van der Waals surface area contributed by atoms with Gasteiger partial charge in [-0.05, 0) is 29.8 Å². The van der Waals surface area contributed by atoms with Crippen LogP contribution in [0.1, 0.15) is 12.0 Å². The van der Waals surface area contributed by atoms with Crippen LogP contribution in [0.25, 0.3) is 22.5 Å². The van der Waals surface area contributed by atoms with E-state index in [1.165, 1.54) is 6.26 Å². The zero-order chi connectivity index (χ0) is 25.1. The maximum absolute atomic E-state index is 11.3. The summed E-state index contributed by atoms with van der Waals surface area (Å²) in [6, 6.07) is 13.7. The summed E-state index contributed by atoms with van der Waals surface area (Å²) < 4.78 is 17.1. The number of hydrogen-bond acceptors (Lipinski definition) is 8. The molecule has 0 saturated carbocycles. The van der Waals surface area contributed by atoms with Gasteiger partial charge in [0, 0.05) is 52.4 Å². The topological polar surface area (TPSA) is 122 Å². The summed E-state index contributed by atoms with van der Waals surface area (Å²) in [5.74, 6) is -0.838. The summed E-state index contributed by atoms with van der Waals surface area (Å²) in [5, 5.41) is 23.2. The number of carbonyl (C=O) groups is 1. The number of carboxylic acids is 1. The average Bonchev–Trinajstić information content (AvgIpc) is 3.58. The van der Waals surface area contributed by atoms with Crippen molar-refractivity contribution >= 4 is 27.6 Å². The van der Waals surface area contributed by atoms with E-state index in [1.807, 2.05) is 24.3 Å². The third-order valence-corrected chi connectivity index (χ3v) is 6.84. The molecule has 9 nitrogen and oxygen atoms in total. The Morgan fingerprint density at radius 2 is 1.97 bits per heavy atom. The normalized spacial score (nSPS) is 15.6. The standard InChI is InChI=1S/C26H21BrN4O5/c27-22-12-17(26(32)33)11-18(22)15-35-25-21(14-28)20(23-5-8-36-30-23)13-24(29-25)16-1-3-19(4-2-16)31-6-9-34-10-7-31/h1-5,8,12-13H,6-7,9-11,15H2,(H,32,33). The van der Waals surface area contributed by atoms with Crippen LogP contribution >= 0.6 is 15.9 Å². The summed E-state index contributed by atoms with van der Waals surface area (Å²) in [6.07, 6.45) is 3.25. The van der Waals surface area contributed by atoms with E-state index < -0.39 is 5.97 Å². The minimum absolute atomic E-state index is 0.0766. The van der Waals surface area contributed by atoms with Crippen molar-refractivity contribution in [2.45, 2.75) is 6.42 Å². The van der Waals surface area contributed by atoms with Gasteiger partial charge in [-0.25, -0.2) is 9.78 Å². The van der Waals surface area contributed by atoms with E-state index in [9.17, 15) is 15.2 Å². The fourth-order valence-corrected chi connectivity index (χ4v) is 4.66. The molecule has 0 spiro atoms. The molecule has 0 unspecified atom stereocenters. The quantitative estimate of drug-likeness (QED) is 0.452. The number of carboxylic acid groups (broad SMARTS) is 1. The molecule has 3 aromatic rings. The van der Waals surface area contributed by atoms with E-state index in [-0.39, 0.29) is 30.0 Å². The minimum Gasteiger partial charge on any atom is -0.478 e. The van der Waals surface area contributed by atoms with Crippen LogP contribution in [0, 0.1) is 11.3 Å². The Kier molecular flexibility index (Phi) is 6.84. The fourth-order valence-electron chi connectivity index (χ4n) is 4.13. The molecule has 0 atom stereocenters. The van der Waals surface area contributed by atoms with Crippen molar-refractivity contribution in [3.05, 3.63) is 69.9 Å². The summed E-state index contributed by atoms with van der Waals surface area (Å²) >= 11 is 3.40. The number of anilines is 1. The first kappa shape index (κ1) is 23.8. The van der Waals surface area contributed by atoms with E-state index in [1.54, 1.807) is 18.2 Å². The van der Waals surface area contributed by atoms with Gasteiger partial charge in [-0.2, -0.15) is 5.26 Å². The number of pyridine rings is 1. The molecule has 1 fully saturated rings. The molecular weight excluding hydrogens is 528 g/mol. The zero-order valence-corrected chi connectivity index (χ0v) is 20.7. The van der Waals surface area contributed by atoms with E-state index in [2.05, 4.69) is 37.0 Å². The zero-order valence-electron chi connectivity index (χ0n) is 19.1. The first-order valence-electron chi connectivity index (χ1n) is 11.3. The van der Waals surface area contributed by atoms with Crippen LogP contribution in [-0.2, 0) is 9.53 Å². The fraction of sp³-hybridized carbons (Fsp3) is 0.231. The third-order valence-electron chi connectivity index (χ3n) is 6.05. The van der Waals surface area contributed by atoms with Crippen molar-refractivity contribution in [2.75, 3.05) is 37.8 Å². The van der Waals surface area contributed by atoms with E-state index >= 15 is 0 Å². The van der Waals surface area contributed by atoms with Crippen molar-refractivity contribution in [1.82, 2.24) is 10.1 Å². The number of aromatic nitrogens is 2. The van der Waals surface area contributed by atoms with Gasteiger partial charge in [-0.3, -0.25) is 0 Å². The molecule has 182 valence electrons. The number of benzene rings is 1. The number of hydrogen-bond donors (Lipinski definition) is 1. The van der Waals surface area contributed by atoms with Crippen molar-refractivity contribution in [3.63, 3.8) is 0 Å². The predicted molar refractivity (Wildman–Crippen MR) is 135 cm³/mol. The van der Waals surface area contributed by atoms with Gasteiger partial charge in [0.1, 0.15) is 30.2 Å². The Balaban J connectivity index is 1.47. The van der Waals surface area contributed by atoms with Gasteiger partial charge < -0.3 is 24.0 Å². The number of allylic oxidation sites excluding steroid dienone is 2. The van der Waals surface area contributed by atoms with E-state index in [4.69, 9.17) is 14.0 Å². The Hall–Kier alpha value is -3.94. The molecular formula is C26H21BrN4O5. The van der Waals surface area contributed by atoms with Crippen molar-refractivity contribution in [1.29, 1.82) is 5.26 Å². The van der Waals surface area contributed by atoms with Crippen LogP contribution in [-0.4, -0.2) is 54.1 Å². The Labute approximate surface area is 215 Å². The number of ether oxygens (including phenoxy) is 2. The Morgan fingerprint density at radius 1 is 1.19 bits per heavy atom. The van der Waals surface area contributed by atoms with Gasteiger partial charge in [0.15, 0.2) is 0 Å². The number of halogens is 1. The highest BCUT2D eigenvalue weighted by molar-refractivity contribution is 9.11. The van der Waals surface area contributed by atoms with Gasteiger partial charge in [0.05, 0.1) is 18.9 Å². The second kappa shape index (κ2) is 10.4. The highest BCUT2D eigenvalue weighted by Gasteiger charge is 2.22. The smallest absolute Gasteiger partial charge is 0.331 e. The van der Waals surface area contributed by atoms with Crippen LogP contribution in [0.2, 0.25) is 0 Å². The highest BCUT2D eigenvalue weighted by atomic mass is 79.9. The Morgan fingerprint density at radius 3 is 2.61 bits per heavy atom. The summed E-state index contributed by atoms with van der Waals surface area (Å²) in [4.78, 5) is 18.3. The molecule has 1 saturated heterocycles. The molecule has 2 aliphatic rings. The lowest BCUT2D eigenvalue weighted by molar-refractivity contribution is -0.132. The lowest BCUT2D eigenvalue weighted by Gasteiger charge is -2.28. The molecule has 1 aliphatic heterocycles. The molecule has 0 amide bonds. The number of nitriles is 1. The average molecular weight is 549 g/mol. The van der Waals surface area contributed by atoms with Crippen LogP contribution < -0.4 is 9.64 Å². The molecule has 10 heteroatoms. The molecule has 1 aliphatic carbocycles. The predicted octanol–water partition coefficient (Wildman–Crippen LogP) is 4.55. The molecule has 2 aromatic heterocycles. The summed E-state index contributed by atoms with van der Waals surface area (Å²) in [7, 11) is 0. The lowest BCUT2D eigenvalue weighted by Crippen LogP contribution is -2.36. The van der Waals surface area contributed by atoms with Gasteiger partial charge in [-0.15, -0.1) is 0 Å². The van der Waals surface area contributed by atoms with Crippen LogP contribution in [0.4, 0.5) is 5.69 Å². The largest absolute Gasteiger partial charge is 0.478 e. The molecule has 5 rings (SSSR count). The van der Waals surface area contributed by atoms with Gasteiger partial charge in [0.25, 0.3) is 0 Å². The van der Waals surface area contributed by atoms with Crippen molar-refractivity contribution in [3.8, 4) is 34.5 Å². The first-order valence-corrected chi connectivity index (χ1v) is 12.1. The molecule has 1 N–H and O–H groups in total. The number of rotatable bonds is 7. The molecule has 3 heterocycles. The molecule has 36 heavy (non-hydrogen) atoms. The second-order valence-corrected chi connectivity index (χ2v) is 9.12. The summed E-state index contributed by atoms with van der Waals surface area (Å²) in [5.41, 5.74) is 4.82. The van der Waals surface area contributed by atoms with Crippen LogP contribution in [0.3, 0.4) is 0 Å². The van der Waals surface area contributed by atoms with Crippen molar-refractivity contribution in [2.24, 2.45) is 0 Å². The SMILES string of the molecule is N#Cc1c(-c2ccon2)cc(-c2ccc(N3CCOCC3)cc2)nc1OCC1=C(Br)C=C(C(=O)O)C1. The highest BCUT2D eigenvalue weighted by Crippen LogP contribution is 2.35. The van der Waals surface area contributed by atoms with Crippen LogP contribution in [0.5, 0.6) is 5.88 Å². The third kappa shape index (κ3) is 4.89. The van der Waals surface area contributed by atoms with E-state index in [0.29, 0.717) is 34.6 Å². The van der Waals surface area contributed by atoms with Gasteiger partial charge in [-0.1, -0.05) is 33.2 Å². The van der Waals surface area contributed by atoms with Crippen molar-refractivity contribution < 1.29 is 23.9 Å². The maximum Gasteiger partial charge on any atom is 0.331 e. The van der Waals surface area contributed by atoms with E-state index in [0.717, 1.165) is 29.9 Å². The van der Waals surface area contributed by atoms with Crippen LogP contribution in [0.15, 0.2) is 68.9 Å².